The Hall–Kier alpha value is -2.20. The van der Waals surface area contributed by atoms with Crippen LogP contribution in [0.15, 0.2) is 30.6 Å². The number of aryl methyl sites for hydroxylation is 2. The Balaban J connectivity index is 1.89. The SMILES string of the molecule is Cc1ncc(-c2cc3c4c(ccc3[nH]2)[C@H](N)CC4)cn1. The number of hydrogen-bond donors (Lipinski definition) is 2. The average Bonchev–Trinajstić information content (AvgIpc) is 3.03. The van der Waals surface area contributed by atoms with Crippen LogP contribution in [0.4, 0.5) is 0 Å². The van der Waals surface area contributed by atoms with E-state index in [1.54, 1.807) is 0 Å². The minimum Gasteiger partial charge on any atom is -0.354 e. The maximum absolute atomic E-state index is 6.14. The van der Waals surface area contributed by atoms with E-state index in [-0.39, 0.29) is 6.04 Å². The van der Waals surface area contributed by atoms with Gasteiger partial charge in [0, 0.05) is 40.6 Å². The molecule has 1 aliphatic carbocycles. The highest BCUT2D eigenvalue weighted by atomic mass is 14.9. The first kappa shape index (κ1) is 11.6. The number of H-pyrrole nitrogens is 1. The van der Waals surface area contributed by atoms with Crippen molar-refractivity contribution >= 4 is 10.9 Å². The van der Waals surface area contributed by atoms with Gasteiger partial charge < -0.3 is 10.7 Å². The Labute approximate surface area is 117 Å². The predicted molar refractivity (Wildman–Crippen MR) is 79.3 cm³/mol. The largest absolute Gasteiger partial charge is 0.354 e. The van der Waals surface area contributed by atoms with E-state index < -0.39 is 0 Å². The van der Waals surface area contributed by atoms with E-state index in [1.807, 2.05) is 19.3 Å². The molecular formula is C16H16N4. The summed E-state index contributed by atoms with van der Waals surface area (Å²) in [5.41, 5.74) is 12.1. The van der Waals surface area contributed by atoms with Crippen LogP contribution in [0.25, 0.3) is 22.2 Å². The first-order chi connectivity index (χ1) is 9.72. The van der Waals surface area contributed by atoms with Crippen LogP contribution >= 0.6 is 0 Å². The molecule has 0 saturated carbocycles. The molecule has 4 heteroatoms. The van der Waals surface area contributed by atoms with Crippen molar-refractivity contribution < 1.29 is 0 Å². The van der Waals surface area contributed by atoms with Gasteiger partial charge in [0.05, 0.1) is 0 Å². The second-order valence-electron chi connectivity index (χ2n) is 5.44. The number of aromatic amines is 1. The van der Waals surface area contributed by atoms with E-state index in [9.17, 15) is 0 Å². The Morgan fingerprint density at radius 2 is 2.05 bits per heavy atom. The van der Waals surface area contributed by atoms with Crippen LogP contribution in [0.5, 0.6) is 0 Å². The fourth-order valence-electron chi connectivity index (χ4n) is 3.05. The molecule has 4 nitrogen and oxygen atoms in total. The lowest BCUT2D eigenvalue weighted by Crippen LogP contribution is -2.04. The molecule has 0 spiro atoms. The van der Waals surface area contributed by atoms with Crippen molar-refractivity contribution in [2.45, 2.75) is 25.8 Å². The van der Waals surface area contributed by atoms with Gasteiger partial charge in [-0.2, -0.15) is 0 Å². The molecule has 0 radical (unpaired) electrons. The second-order valence-corrected chi connectivity index (χ2v) is 5.44. The van der Waals surface area contributed by atoms with E-state index >= 15 is 0 Å². The number of nitrogens with zero attached hydrogens (tertiary/aromatic N) is 2. The first-order valence-corrected chi connectivity index (χ1v) is 6.91. The summed E-state index contributed by atoms with van der Waals surface area (Å²) in [5, 5.41) is 1.28. The highest BCUT2D eigenvalue weighted by molar-refractivity contribution is 5.90. The zero-order valence-corrected chi connectivity index (χ0v) is 11.4. The molecule has 2 aromatic heterocycles. The lowest BCUT2D eigenvalue weighted by molar-refractivity contribution is 0.713. The van der Waals surface area contributed by atoms with E-state index in [1.165, 1.54) is 16.5 Å². The Morgan fingerprint density at radius 3 is 2.85 bits per heavy atom. The Bertz CT molecular complexity index is 786. The lowest BCUT2D eigenvalue weighted by atomic mass is 10.0. The predicted octanol–water partition coefficient (Wildman–Crippen LogP) is 2.88. The molecule has 0 unspecified atom stereocenters. The molecule has 0 fully saturated rings. The maximum atomic E-state index is 6.14. The number of fused-ring (bicyclic) bond motifs is 3. The molecule has 1 aliphatic rings. The van der Waals surface area contributed by atoms with Gasteiger partial charge in [-0.15, -0.1) is 0 Å². The van der Waals surface area contributed by atoms with Crippen LogP contribution < -0.4 is 5.73 Å². The van der Waals surface area contributed by atoms with Gasteiger partial charge in [-0.25, -0.2) is 9.97 Å². The Kier molecular flexibility index (Phi) is 2.41. The van der Waals surface area contributed by atoms with E-state index in [0.717, 1.165) is 35.4 Å². The van der Waals surface area contributed by atoms with Crippen molar-refractivity contribution in [3.8, 4) is 11.3 Å². The molecule has 1 aromatic carbocycles. The van der Waals surface area contributed by atoms with E-state index in [0.29, 0.717) is 0 Å². The lowest BCUT2D eigenvalue weighted by Gasteiger charge is -2.04. The topological polar surface area (TPSA) is 67.6 Å². The highest BCUT2D eigenvalue weighted by Crippen LogP contribution is 2.36. The molecule has 1 atom stereocenters. The molecule has 0 bridgehead atoms. The molecule has 20 heavy (non-hydrogen) atoms. The zero-order chi connectivity index (χ0) is 13.7. The van der Waals surface area contributed by atoms with Gasteiger partial charge in [0.15, 0.2) is 0 Å². The number of hydrogen-bond acceptors (Lipinski definition) is 3. The Morgan fingerprint density at radius 1 is 1.25 bits per heavy atom. The van der Waals surface area contributed by atoms with Crippen molar-refractivity contribution in [1.82, 2.24) is 15.0 Å². The highest BCUT2D eigenvalue weighted by Gasteiger charge is 2.21. The molecule has 100 valence electrons. The average molecular weight is 264 g/mol. The monoisotopic (exact) mass is 264 g/mol. The van der Waals surface area contributed by atoms with Gasteiger partial charge in [-0.05, 0) is 43.0 Å². The summed E-state index contributed by atoms with van der Waals surface area (Å²) in [6.45, 7) is 1.89. The quantitative estimate of drug-likeness (QED) is 0.710. The summed E-state index contributed by atoms with van der Waals surface area (Å²) in [4.78, 5) is 12.0. The van der Waals surface area contributed by atoms with Gasteiger partial charge in [0.25, 0.3) is 0 Å². The van der Waals surface area contributed by atoms with Crippen LogP contribution in [-0.4, -0.2) is 15.0 Å². The summed E-state index contributed by atoms with van der Waals surface area (Å²) in [5.74, 6) is 0.789. The number of rotatable bonds is 1. The summed E-state index contributed by atoms with van der Waals surface area (Å²) in [6.07, 6.45) is 5.83. The third-order valence-electron chi connectivity index (χ3n) is 4.15. The van der Waals surface area contributed by atoms with E-state index in [4.69, 9.17) is 5.73 Å². The molecule has 0 saturated heterocycles. The van der Waals surface area contributed by atoms with Crippen molar-refractivity contribution in [1.29, 1.82) is 0 Å². The molecule has 4 rings (SSSR count). The summed E-state index contributed by atoms with van der Waals surface area (Å²) in [6, 6.07) is 6.66. The van der Waals surface area contributed by atoms with Crippen LogP contribution in [0.1, 0.15) is 29.4 Å². The van der Waals surface area contributed by atoms with Crippen LogP contribution in [0.3, 0.4) is 0 Å². The zero-order valence-electron chi connectivity index (χ0n) is 11.4. The normalized spacial score (nSPS) is 17.6. The van der Waals surface area contributed by atoms with Gasteiger partial charge >= 0.3 is 0 Å². The molecular weight excluding hydrogens is 248 g/mol. The van der Waals surface area contributed by atoms with Crippen LogP contribution in [0, 0.1) is 6.92 Å². The third-order valence-corrected chi connectivity index (χ3v) is 4.15. The minimum absolute atomic E-state index is 0.190. The third kappa shape index (κ3) is 1.65. The molecule has 0 aliphatic heterocycles. The van der Waals surface area contributed by atoms with Crippen molar-refractivity contribution in [3.05, 3.63) is 47.5 Å². The number of nitrogens with two attached hydrogens (primary N) is 1. The molecule has 2 heterocycles. The summed E-state index contributed by atoms with van der Waals surface area (Å²) >= 11 is 0. The summed E-state index contributed by atoms with van der Waals surface area (Å²) in [7, 11) is 0. The van der Waals surface area contributed by atoms with Crippen LogP contribution in [0.2, 0.25) is 0 Å². The van der Waals surface area contributed by atoms with Crippen LogP contribution in [-0.2, 0) is 6.42 Å². The first-order valence-electron chi connectivity index (χ1n) is 6.91. The maximum Gasteiger partial charge on any atom is 0.125 e. The van der Waals surface area contributed by atoms with E-state index in [2.05, 4.69) is 33.2 Å². The van der Waals surface area contributed by atoms with Gasteiger partial charge in [-0.1, -0.05) is 6.07 Å². The van der Waals surface area contributed by atoms with Gasteiger partial charge in [0.2, 0.25) is 0 Å². The van der Waals surface area contributed by atoms with Crippen molar-refractivity contribution in [2.24, 2.45) is 5.73 Å². The van der Waals surface area contributed by atoms with Gasteiger partial charge in [0.1, 0.15) is 5.82 Å². The fraction of sp³-hybridized carbons (Fsp3) is 0.250. The second kappa shape index (κ2) is 4.15. The molecule has 0 amide bonds. The molecule has 3 N–H and O–H groups in total. The standard InChI is InChI=1S/C16H16N4/c1-9-18-7-10(8-19-9)16-6-13-11-2-4-14(17)12(11)3-5-15(13)20-16/h3,5-8,14,20H,2,4,17H2,1H3/t14-/m1/s1. The summed E-state index contributed by atoms with van der Waals surface area (Å²) < 4.78 is 0. The smallest absolute Gasteiger partial charge is 0.125 e. The van der Waals surface area contributed by atoms with Crippen molar-refractivity contribution in [3.63, 3.8) is 0 Å². The number of nitrogens with one attached hydrogen (secondary N) is 1. The van der Waals surface area contributed by atoms with Gasteiger partial charge in [-0.3, -0.25) is 0 Å². The fourth-order valence-corrected chi connectivity index (χ4v) is 3.05. The minimum atomic E-state index is 0.190. The number of benzene rings is 1. The number of aromatic nitrogens is 3. The van der Waals surface area contributed by atoms with Crippen molar-refractivity contribution in [2.75, 3.05) is 0 Å². The molecule has 3 aromatic rings.